The Kier molecular flexibility index (Phi) is 4.94. The summed E-state index contributed by atoms with van der Waals surface area (Å²) < 4.78 is 0. The molecule has 124 valence electrons. The molecule has 2 N–H and O–H groups in total. The molecule has 4 nitrogen and oxygen atoms in total. The fourth-order valence-corrected chi connectivity index (χ4v) is 2.62. The highest BCUT2D eigenvalue weighted by Gasteiger charge is 2.23. The molecule has 0 aliphatic heterocycles. The molecule has 0 spiro atoms. The summed E-state index contributed by atoms with van der Waals surface area (Å²) >= 11 is 0. The van der Waals surface area contributed by atoms with E-state index in [0.29, 0.717) is 23.7 Å². The van der Waals surface area contributed by atoms with E-state index in [2.05, 4.69) is 10.6 Å². The molecule has 1 fully saturated rings. The lowest BCUT2D eigenvalue weighted by molar-refractivity contribution is -0.116. The Morgan fingerprint density at radius 2 is 1.83 bits per heavy atom. The van der Waals surface area contributed by atoms with E-state index in [1.807, 2.05) is 37.3 Å². The summed E-state index contributed by atoms with van der Waals surface area (Å²) in [7, 11) is 0. The summed E-state index contributed by atoms with van der Waals surface area (Å²) in [6.45, 7) is 2.04. The number of hydrogen-bond donors (Lipinski definition) is 2. The summed E-state index contributed by atoms with van der Waals surface area (Å²) in [6, 6.07) is 17.4. The molecular formula is C20H22N2O2. The first-order valence-corrected chi connectivity index (χ1v) is 8.37. The minimum Gasteiger partial charge on any atom is -0.349 e. The van der Waals surface area contributed by atoms with Crippen molar-refractivity contribution < 1.29 is 9.59 Å². The summed E-state index contributed by atoms with van der Waals surface area (Å²) in [5.41, 5.74) is 2.38. The molecule has 1 atom stereocenters. The van der Waals surface area contributed by atoms with Crippen molar-refractivity contribution in [3.8, 4) is 0 Å². The molecule has 4 heteroatoms. The maximum Gasteiger partial charge on any atom is 0.251 e. The van der Waals surface area contributed by atoms with Gasteiger partial charge in [0.15, 0.2) is 0 Å². The van der Waals surface area contributed by atoms with Gasteiger partial charge in [-0.05, 0) is 42.5 Å². The Hall–Kier alpha value is -2.62. The Bertz CT molecular complexity index is 723. The van der Waals surface area contributed by atoms with E-state index >= 15 is 0 Å². The van der Waals surface area contributed by atoms with Crippen LogP contribution in [0.3, 0.4) is 0 Å². The standard InChI is InChI=1S/C20H22N2O2/c1-14(15-6-3-2-4-7-15)12-19(23)21-18-9-5-8-16(13-18)20(24)22-17-10-11-17/h2-9,13-14,17H,10-12H2,1H3,(H,21,23)(H,22,24). The van der Waals surface area contributed by atoms with Crippen LogP contribution in [0.1, 0.15) is 48.0 Å². The van der Waals surface area contributed by atoms with Gasteiger partial charge >= 0.3 is 0 Å². The highest BCUT2D eigenvalue weighted by atomic mass is 16.2. The third-order valence-corrected chi connectivity index (χ3v) is 4.18. The molecule has 1 unspecified atom stereocenters. The highest BCUT2D eigenvalue weighted by molar-refractivity contribution is 5.97. The van der Waals surface area contributed by atoms with E-state index in [0.717, 1.165) is 18.4 Å². The Morgan fingerprint density at radius 3 is 2.54 bits per heavy atom. The fourth-order valence-electron chi connectivity index (χ4n) is 2.62. The monoisotopic (exact) mass is 322 g/mol. The third-order valence-electron chi connectivity index (χ3n) is 4.18. The van der Waals surface area contributed by atoms with Gasteiger partial charge in [0, 0.05) is 23.7 Å². The second-order valence-electron chi connectivity index (χ2n) is 6.39. The van der Waals surface area contributed by atoms with Gasteiger partial charge in [-0.15, -0.1) is 0 Å². The van der Waals surface area contributed by atoms with E-state index in [9.17, 15) is 9.59 Å². The maximum atomic E-state index is 12.3. The molecular weight excluding hydrogens is 300 g/mol. The molecule has 2 aromatic rings. The summed E-state index contributed by atoms with van der Waals surface area (Å²) in [5.74, 6) is 0.0184. The number of anilines is 1. The molecule has 1 aliphatic carbocycles. The molecule has 0 heterocycles. The number of carbonyl (C=O) groups excluding carboxylic acids is 2. The van der Waals surface area contributed by atoms with Crippen molar-refractivity contribution >= 4 is 17.5 Å². The SMILES string of the molecule is CC(CC(=O)Nc1cccc(C(=O)NC2CC2)c1)c1ccccc1. The van der Waals surface area contributed by atoms with Crippen LogP contribution >= 0.6 is 0 Å². The van der Waals surface area contributed by atoms with Gasteiger partial charge in [0.25, 0.3) is 5.91 Å². The van der Waals surface area contributed by atoms with E-state index in [1.165, 1.54) is 0 Å². The summed E-state index contributed by atoms with van der Waals surface area (Å²) in [6.07, 6.45) is 2.52. The van der Waals surface area contributed by atoms with Crippen LogP contribution in [0, 0.1) is 0 Å². The molecule has 2 amide bonds. The zero-order valence-electron chi connectivity index (χ0n) is 13.8. The minimum atomic E-state index is -0.0775. The zero-order chi connectivity index (χ0) is 16.9. The Labute approximate surface area is 142 Å². The van der Waals surface area contributed by atoms with E-state index in [-0.39, 0.29) is 17.7 Å². The Morgan fingerprint density at radius 1 is 1.08 bits per heavy atom. The number of hydrogen-bond acceptors (Lipinski definition) is 2. The normalized spacial score (nSPS) is 14.7. The van der Waals surface area contributed by atoms with Crippen LogP contribution in [-0.2, 0) is 4.79 Å². The van der Waals surface area contributed by atoms with Crippen molar-refractivity contribution in [3.63, 3.8) is 0 Å². The zero-order valence-corrected chi connectivity index (χ0v) is 13.8. The molecule has 3 rings (SSSR count). The van der Waals surface area contributed by atoms with Crippen molar-refractivity contribution in [2.45, 2.75) is 38.1 Å². The highest BCUT2D eigenvalue weighted by Crippen LogP contribution is 2.21. The molecule has 2 aromatic carbocycles. The molecule has 0 radical (unpaired) electrons. The number of rotatable bonds is 6. The number of carbonyl (C=O) groups is 2. The number of amides is 2. The molecule has 0 bridgehead atoms. The third kappa shape index (κ3) is 4.44. The smallest absolute Gasteiger partial charge is 0.251 e. The quantitative estimate of drug-likeness (QED) is 0.852. The van der Waals surface area contributed by atoms with Crippen LogP contribution < -0.4 is 10.6 Å². The van der Waals surface area contributed by atoms with Crippen LogP contribution in [0.2, 0.25) is 0 Å². The van der Waals surface area contributed by atoms with Crippen LogP contribution in [0.25, 0.3) is 0 Å². The first-order chi connectivity index (χ1) is 11.6. The molecule has 1 aliphatic rings. The van der Waals surface area contributed by atoms with Crippen molar-refractivity contribution in [2.75, 3.05) is 5.32 Å². The fraction of sp³-hybridized carbons (Fsp3) is 0.300. The predicted molar refractivity (Wildman–Crippen MR) is 95.0 cm³/mol. The van der Waals surface area contributed by atoms with Crippen molar-refractivity contribution in [3.05, 3.63) is 65.7 Å². The number of nitrogens with one attached hydrogen (secondary N) is 2. The van der Waals surface area contributed by atoms with Crippen molar-refractivity contribution in [2.24, 2.45) is 0 Å². The molecule has 0 saturated heterocycles. The molecule has 0 aromatic heterocycles. The lowest BCUT2D eigenvalue weighted by Gasteiger charge is -2.12. The Balaban J connectivity index is 1.58. The van der Waals surface area contributed by atoms with Gasteiger partial charge in [0.2, 0.25) is 5.91 Å². The summed E-state index contributed by atoms with van der Waals surface area (Å²) in [5, 5.41) is 5.84. The predicted octanol–water partition coefficient (Wildman–Crippen LogP) is 3.71. The van der Waals surface area contributed by atoms with Crippen LogP contribution in [0.4, 0.5) is 5.69 Å². The average Bonchev–Trinajstić information content (AvgIpc) is 3.39. The lowest BCUT2D eigenvalue weighted by atomic mass is 9.97. The number of benzene rings is 2. The average molecular weight is 322 g/mol. The first-order valence-electron chi connectivity index (χ1n) is 8.37. The van der Waals surface area contributed by atoms with Gasteiger partial charge < -0.3 is 10.6 Å². The van der Waals surface area contributed by atoms with E-state index < -0.39 is 0 Å². The van der Waals surface area contributed by atoms with Gasteiger partial charge in [-0.3, -0.25) is 9.59 Å². The van der Waals surface area contributed by atoms with Crippen molar-refractivity contribution in [1.29, 1.82) is 0 Å². The second-order valence-corrected chi connectivity index (χ2v) is 6.39. The van der Waals surface area contributed by atoms with Gasteiger partial charge in [-0.25, -0.2) is 0 Å². The van der Waals surface area contributed by atoms with Gasteiger partial charge in [-0.1, -0.05) is 43.3 Å². The van der Waals surface area contributed by atoms with Crippen LogP contribution in [-0.4, -0.2) is 17.9 Å². The lowest BCUT2D eigenvalue weighted by Crippen LogP contribution is -2.25. The van der Waals surface area contributed by atoms with Gasteiger partial charge in [-0.2, -0.15) is 0 Å². The maximum absolute atomic E-state index is 12.3. The van der Waals surface area contributed by atoms with Crippen molar-refractivity contribution in [1.82, 2.24) is 5.32 Å². The van der Waals surface area contributed by atoms with E-state index in [1.54, 1.807) is 24.3 Å². The van der Waals surface area contributed by atoms with Gasteiger partial charge in [0.05, 0.1) is 0 Å². The largest absolute Gasteiger partial charge is 0.349 e. The molecule has 24 heavy (non-hydrogen) atoms. The van der Waals surface area contributed by atoms with Crippen LogP contribution in [0.15, 0.2) is 54.6 Å². The topological polar surface area (TPSA) is 58.2 Å². The van der Waals surface area contributed by atoms with Gasteiger partial charge in [0.1, 0.15) is 0 Å². The first kappa shape index (κ1) is 16.2. The second kappa shape index (κ2) is 7.30. The van der Waals surface area contributed by atoms with Crippen LogP contribution in [0.5, 0.6) is 0 Å². The van der Waals surface area contributed by atoms with E-state index in [4.69, 9.17) is 0 Å². The molecule has 1 saturated carbocycles. The summed E-state index contributed by atoms with van der Waals surface area (Å²) in [4.78, 5) is 24.3. The minimum absolute atomic E-state index is 0.0499.